The molecule has 17 nitrogen and oxygen atoms in total. The minimum atomic E-state index is -4.61. The van der Waals surface area contributed by atoms with E-state index in [1.54, 1.807) is 92.6 Å². The lowest BCUT2D eigenvalue weighted by Gasteiger charge is -2.35. The van der Waals surface area contributed by atoms with Crippen molar-refractivity contribution in [2.24, 2.45) is 0 Å². The SMILES string of the molecule is C[C@@H](NC(=O)OC(C)(C)C)C(=O)N[C@@H](CCC[N+](C)(CCNC(=O)OC(C)(C)C)CCNC(=O)OC(C)(C)C)C(=O)N[C@@H](Cc1ccc(C(F)(F)F)cc1)C(=O)Nc1cnc2ccccc2c1. The number of ether oxygens (including phenoxy) is 3. The fraction of sp³-hybridized carbons (Fsp3) is 0.553. The van der Waals surface area contributed by atoms with Gasteiger partial charge in [-0.05, 0) is 112 Å². The topological polar surface area (TPSA) is 215 Å². The van der Waals surface area contributed by atoms with Gasteiger partial charge in [-0.25, -0.2) is 14.4 Å². The summed E-state index contributed by atoms with van der Waals surface area (Å²) >= 11 is 0. The van der Waals surface area contributed by atoms with Crippen molar-refractivity contribution < 1.29 is 60.6 Å². The number of nitrogens with one attached hydrogen (secondary N) is 6. The number of carbonyl (C=O) groups excluding carboxylic acids is 6. The van der Waals surface area contributed by atoms with Crippen molar-refractivity contribution in [1.29, 1.82) is 0 Å². The van der Waals surface area contributed by atoms with Crippen molar-refractivity contribution in [1.82, 2.24) is 31.6 Å². The van der Waals surface area contributed by atoms with E-state index in [-0.39, 0.29) is 36.8 Å². The zero-order valence-electron chi connectivity index (χ0n) is 40.4. The zero-order valence-corrected chi connectivity index (χ0v) is 40.4. The summed E-state index contributed by atoms with van der Waals surface area (Å²) in [5.41, 5.74) is -1.97. The van der Waals surface area contributed by atoms with Gasteiger partial charge in [0.2, 0.25) is 17.7 Å². The molecule has 3 rings (SSSR count). The third-order valence-corrected chi connectivity index (χ3v) is 9.80. The van der Waals surface area contributed by atoms with Crippen LogP contribution < -0.4 is 31.9 Å². The molecule has 3 aromatic rings. The van der Waals surface area contributed by atoms with Crippen LogP contribution in [0.4, 0.5) is 33.2 Å². The summed E-state index contributed by atoms with van der Waals surface area (Å²) in [4.78, 5) is 84.1. The number of halogens is 3. The molecule has 6 amide bonds. The van der Waals surface area contributed by atoms with Gasteiger partial charge in [0.05, 0.1) is 62.7 Å². The molecule has 20 heteroatoms. The Morgan fingerprint density at radius 2 is 1.18 bits per heavy atom. The first-order valence-electron chi connectivity index (χ1n) is 22.1. The zero-order chi connectivity index (χ0) is 50.4. The van der Waals surface area contributed by atoms with E-state index in [1.807, 2.05) is 7.05 Å². The molecule has 0 aliphatic rings. The number of hydrogen-bond acceptors (Lipinski definition) is 10. The normalized spacial score (nSPS) is 13.6. The predicted molar refractivity (Wildman–Crippen MR) is 247 cm³/mol. The number of pyridine rings is 1. The summed E-state index contributed by atoms with van der Waals surface area (Å²) in [6.45, 7) is 18.2. The van der Waals surface area contributed by atoms with Gasteiger partial charge in [0.25, 0.3) is 0 Å². The van der Waals surface area contributed by atoms with E-state index in [1.165, 1.54) is 25.3 Å². The Balaban J connectivity index is 1.93. The van der Waals surface area contributed by atoms with Gasteiger partial charge in [-0.3, -0.25) is 19.4 Å². The van der Waals surface area contributed by atoms with E-state index in [0.29, 0.717) is 41.8 Å². The summed E-state index contributed by atoms with van der Waals surface area (Å²) in [7, 11) is 1.89. The smallest absolute Gasteiger partial charge is 0.416 e. The van der Waals surface area contributed by atoms with Crippen molar-refractivity contribution >= 4 is 52.6 Å². The molecule has 0 saturated heterocycles. The fourth-order valence-corrected chi connectivity index (χ4v) is 6.53. The monoisotopic (exact) mass is 946 g/mol. The number of fused-ring (bicyclic) bond motifs is 1. The lowest BCUT2D eigenvalue weighted by atomic mass is 10.0. The highest BCUT2D eigenvalue weighted by Gasteiger charge is 2.33. The first-order chi connectivity index (χ1) is 30.9. The molecule has 1 aromatic heterocycles. The van der Waals surface area contributed by atoms with Gasteiger partial charge in [-0.2, -0.15) is 13.2 Å². The molecule has 0 bridgehead atoms. The van der Waals surface area contributed by atoms with Crippen LogP contribution in [0, 0.1) is 0 Å². The summed E-state index contributed by atoms with van der Waals surface area (Å²) < 4.78 is 56.7. The average Bonchev–Trinajstić information content (AvgIpc) is 3.17. The number of nitrogens with zero attached hydrogens (tertiary/aromatic N) is 2. The maximum absolute atomic E-state index is 14.4. The number of benzene rings is 2. The summed E-state index contributed by atoms with van der Waals surface area (Å²) in [5, 5.41) is 16.8. The molecule has 67 heavy (non-hydrogen) atoms. The van der Waals surface area contributed by atoms with Gasteiger partial charge in [-0.15, -0.1) is 0 Å². The van der Waals surface area contributed by atoms with Crippen LogP contribution in [-0.2, 0) is 41.2 Å². The van der Waals surface area contributed by atoms with Crippen LogP contribution >= 0.6 is 0 Å². The number of aromatic nitrogens is 1. The minimum Gasteiger partial charge on any atom is -0.444 e. The molecule has 0 unspecified atom stereocenters. The van der Waals surface area contributed by atoms with Crippen molar-refractivity contribution in [3.8, 4) is 0 Å². The number of rotatable bonds is 19. The van der Waals surface area contributed by atoms with E-state index >= 15 is 0 Å². The Kier molecular flexibility index (Phi) is 19.4. The van der Waals surface area contributed by atoms with Crippen LogP contribution in [0.1, 0.15) is 93.2 Å². The van der Waals surface area contributed by atoms with Crippen LogP contribution in [0.5, 0.6) is 0 Å². The Morgan fingerprint density at radius 1 is 0.657 bits per heavy atom. The molecule has 0 aliphatic heterocycles. The highest BCUT2D eigenvalue weighted by atomic mass is 19.4. The third-order valence-electron chi connectivity index (χ3n) is 9.80. The standard InChI is InChI=1S/C47H67F3N8O9/c1-30(54-43(64)67-46(8,9)10)38(59)56-36(17-14-24-58(11,25-22-51-41(62)65-44(2,3)4)26-23-52-42(63)66-45(5,6)7)39(60)57-37(27-31-18-20-33(21-19-31)47(48,49)50)40(61)55-34-28-32-15-12-13-16-35(32)53-29-34/h12-13,15-16,18-21,28-30,36-37H,14,17,22-27H2,1-11H3,(H5-,51,52,54,55,56,57,59,60,61,62,63,64)/p+1/t30-,36+,37+/m1/s1. The quantitative estimate of drug-likeness (QED) is 0.0560. The second-order valence-corrected chi connectivity index (χ2v) is 19.6. The molecule has 0 fully saturated rings. The number of carbonyl (C=O) groups is 6. The number of alkyl halides is 3. The van der Waals surface area contributed by atoms with Gasteiger partial charge in [0.15, 0.2) is 0 Å². The lowest BCUT2D eigenvalue weighted by Crippen LogP contribution is -2.57. The van der Waals surface area contributed by atoms with Gasteiger partial charge < -0.3 is 50.6 Å². The van der Waals surface area contributed by atoms with Gasteiger partial charge >= 0.3 is 24.5 Å². The lowest BCUT2D eigenvalue weighted by molar-refractivity contribution is -0.907. The molecule has 370 valence electrons. The molecule has 0 aliphatic carbocycles. The maximum atomic E-state index is 14.4. The first-order valence-corrected chi connectivity index (χ1v) is 22.1. The fourth-order valence-electron chi connectivity index (χ4n) is 6.53. The average molecular weight is 946 g/mol. The third kappa shape index (κ3) is 20.9. The van der Waals surface area contributed by atoms with Crippen LogP contribution in [0.3, 0.4) is 0 Å². The highest BCUT2D eigenvalue weighted by molar-refractivity contribution is 6.00. The van der Waals surface area contributed by atoms with Gasteiger partial charge in [0.1, 0.15) is 34.9 Å². The minimum absolute atomic E-state index is 0.00717. The largest absolute Gasteiger partial charge is 0.444 e. The van der Waals surface area contributed by atoms with Crippen molar-refractivity contribution in [3.05, 3.63) is 71.9 Å². The van der Waals surface area contributed by atoms with E-state index in [9.17, 15) is 41.9 Å². The highest BCUT2D eigenvalue weighted by Crippen LogP contribution is 2.29. The summed E-state index contributed by atoms with van der Waals surface area (Å²) in [5.74, 6) is -2.26. The second-order valence-electron chi connectivity index (χ2n) is 19.6. The molecule has 3 atom stereocenters. The molecule has 1 heterocycles. The number of para-hydroxylation sites is 1. The first kappa shape index (κ1) is 55.1. The van der Waals surface area contributed by atoms with E-state index in [2.05, 4.69) is 36.9 Å². The van der Waals surface area contributed by atoms with Gasteiger partial charge in [-0.1, -0.05) is 30.3 Å². The Labute approximate surface area is 390 Å². The van der Waals surface area contributed by atoms with Crippen LogP contribution in [-0.4, -0.2) is 120 Å². The van der Waals surface area contributed by atoms with Crippen molar-refractivity contribution in [2.75, 3.05) is 45.1 Å². The molecule has 0 saturated carbocycles. The number of anilines is 1. The molecule has 2 aromatic carbocycles. The molecule has 0 spiro atoms. The molecular weight excluding hydrogens is 878 g/mol. The van der Waals surface area contributed by atoms with E-state index in [0.717, 1.165) is 12.1 Å². The van der Waals surface area contributed by atoms with Crippen molar-refractivity contribution in [2.45, 2.75) is 130 Å². The van der Waals surface area contributed by atoms with Crippen LogP contribution in [0.15, 0.2) is 60.8 Å². The summed E-state index contributed by atoms with van der Waals surface area (Å²) in [6.07, 6.45) is -5.27. The second kappa shape index (κ2) is 23.5. The summed E-state index contributed by atoms with van der Waals surface area (Å²) in [6, 6.07) is 9.18. The van der Waals surface area contributed by atoms with Gasteiger partial charge in [0, 0.05) is 11.8 Å². The molecular formula is C47H68F3N8O9+. The van der Waals surface area contributed by atoms with E-state index in [4.69, 9.17) is 14.2 Å². The Morgan fingerprint density at radius 3 is 1.72 bits per heavy atom. The number of amides is 6. The number of alkyl carbamates (subject to hydrolysis) is 3. The molecule has 0 radical (unpaired) electrons. The molecule has 6 N–H and O–H groups in total. The number of likely N-dealkylation sites (N-methyl/N-ethyl adjacent to an activating group) is 1. The van der Waals surface area contributed by atoms with Crippen molar-refractivity contribution in [3.63, 3.8) is 0 Å². The van der Waals surface area contributed by atoms with Crippen LogP contribution in [0.2, 0.25) is 0 Å². The maximum Gasteiger partial charge on any atom is 0.416 e. The predicted octanol–water partition coefficient (Wildman–Crippen LogP) is 6.59. The van der Waals surface area contributed by atoms with E-state index < -0.39 is 82.7 Å². The number of hydrogen-bond donors (Lipinski definition) is 6. The Bertz CT molecular complexity index is 2130. The van der Waals surface area contributed by atoms with Crippen LogP contribution in [0.25, 0.3) is 10.9 Å². The number of quaternary nitrogens is 1. The Hall–Kier alpha value is -6.18.